The van der Waals surface area contributed by atoms with Gasteiger partial charge in [0, 0.05) is 0 Å². The van der Waals surface area contributed by atoms with Gasteiger partial charge in [-0.3, -0.25) is 0 Å². The van der Waals surface area contributed by atoms with E-state index in [1.165, 1.54) is 6.42 Å². The molecule has 0 heteroatoms. The zero-order chi connectivity index (χ0) is 9.52. The summed E-state index contributed by atoms with van der Waals surface area (Å²) in [6, 6.07) is 0. The fourth-order valence-corrected chi connectivity index (χ4v) is 2.55. The van der Waals surface area contributed by atoms with E-state index in [-0.39, 0.29) is 0 Å². The monoisotopic (exact) mass is 168 g/mol. The molecule has 0 aromatic carbocycles. The maximum Gasteiger partial charge on any atom is -0.0297 e. The van der Waals surface area contributed by atoms with Crippen LogP contribution in [0.5, 0.6) is 0 Å². The highest BCUT2D eigenvalue weighted by Gasteiger charge is 2.47. The summed E-state index contributed by atoms with van der Waals surface area (Å²) in [5.41, 5.74) is 0.601. The Morgan fingerprint density at radius 3 is 1.92 bits per heavy atom. The molecule has 1 aliphatic carbocycles. The largest absolute Gasteiger partial charge is 0.0625 e. The van der Waals surface area contributed by atoms with Crippen molar-refractivity contribution in [1.29, 1.82) is 0 Å². The first-order valence-electron chi connectivity index (χ1n) is 5.37. The van der Waals surface area contributed by atoms with Crippen LogP contribution in [0.1, 0.15) is 48.0 Å². The molecule has 0 radical (unpaired) electrons. The molecule has 12 heavy (non-hydrogen) atoms. The van der Waals surface area contributed by atoms with Crippen LogP contribution in [0.2, 0.25) is 0 Å². The van der Waals surface area contributed by atoms with E-state index in [4.69, 9.17) is 0 Å². The minimum atomic E-state index is 0.601. The van der Waals surface area contributed by atoms with Gasteiger partial charge in [-0.2, -0.15) is 0 Å². The molecular weight excluding hydrogens is 144 g/mol. The third kappa shape index (κ3) is 1.41. The van der Waals surface area contributed by atoms with E-state index in [1.807, 2.05) is 0 Å². The van der Waals surface area contributed by atoms with E-state index in [0.29, 0.717) is 5.41 Å². The van der Waals surface area contributed by atoms with Crippen molar-refractivity contribution >= 4 is 0 Å². The number of rotatable bonds is 2. The van der Waals surface area contributed by atoms with Crippen molar-refractivity contribution < 1.29 is 0 Å². The third-order valence-corrected chi connectivity index (χ3v) is 4.52. The molecule has 0 heterocycles. The minimum absolute atomic E-state index is 0.601. The summed E-state index contributed by atoms with van der Waals surface area (Å²) >= 11 is 0. The van der Waals surface area contributed by atoms with Crippen molar-refractivity contribution in [3.63, 3.8) is 0 Å². The zero-order valence-corrected chi connectivity index (χ0v) is 9.52. The van der Waals surface area contributed by atoms with E-state index < -0.39 is 0 Å². The molecule has 0 bridgehead atoms. The molecule has 0 amide bonds. The Morgan fingerprint density at radius 1 is 1.17 bits per heavy atom. The quantitative estimate of drug-likeness (QED) is 0.585. The van der Waals surface area contributed by atoms with E-state index in [2.05, 4.69) is 41.5 Å². The highest BCUT2D eigenvalue weighted by Crippen LogP contribution is 2.55. The van der Waals surface area contributed by atoms with Gasteiger partial charge in [0.15, 0.2) is 0 Å². The Hall–Kier alpha value is 0. The lowest BCUT2D eigenvalue weighted by atomic mass is 9.51. The topological polar surface area (TPSA) is 0 Å². The van der Waals surface area contributed by atoms with E-state index in [9.17, 15) is 0 Å². The Kier molecular flexibility index (Phi) is 2.56. The molecule has 1 saturated carbocycles. The second kappa shape index (κ2) is 3.05. The average molecular weight is 168 g/mol. The summed E-state index contributed by atoms with van der Waals surface area (Å²) in [4.78, 5) is 0. The lowest BCUT2D eigenvalue weighted by molar-refractivity contribution is -0.0542. The molecule has 3 unspecified atom stereocenters. The highest BCUT2D eigenvalue weighted by atomic mass is 14.5. The SMILES string of the molecule is CC(C)C(C)C1CC(C)C1(C)C. The average Bonchev–Trinajstić information content (AvgIpc) is 1.98. The molecule has 1 aliphatic rings. The molecule has 1 fully saturated rings. The van der Waals surface area contributed by atoms with Crippen molar-refractivity contribution in [3.05, 3.63) is 0 Å². The normalized spacial score (nSPS) is 36.2. The van der Waals surface area contributed by atoms with Gasteiger partial charge in [0.2, 0.25) is 0 Å². The number of hydrogen-bond acceptors (Lipinski definition) is 0. The van der Waals surface area contributed by atoms with Gasteiger partial charge in [-0.05, 0) is 35.5 Å². The summed E-state index contributed by atoms with van der Waals surface area (Å²) in [7, 11) is 0. The molecule has 72 valence electrons. The molecule has 0 aromatic heterocycles. The summed E-state index contributed by atoms with van der Waals surface area (Å²) < 4.78 is 0. The summed E-state index contributed by atoms with van der Waals surface area (Å²) in [6.07, 6.45) is 1.45. The van der Waals surface area contributed by atoms with Gasteiger partial charge < -0.3 is 0 Å². The van der Waals surface area contributed by atoms with Crippen molar-refractivity contribution in [2.45, 2.75) is 48.0 Å². The van der Waals surface area contributed by atoms with E-state index >= 15 is 0 Å². The molecule has 0 aliphatic heterocycles. The van der Waals surface area contributed by atoms with Crippen LogP contribution < -0.4 is 0 Å². The standard InChI is InChI=1S/C12H24/c1-8(2)10(4)11-7-9(3)12(11,5)6/h8-11H,7H2,1-6H3. The molecule has 0 aromatic rings. The van der Waals surface area contributed by atoms with Crippen molar-refractivity contribution in [1.82, 2.24) is 0 Å². The van der Waals surface area contributed by atoms with Crippen molar-refractivity contribution in [3.8, 4) is 0 Å². The predicted molar refractivity (Wildman–Crippen MR) is 55.1 cm³/mol. The molecular formula is C12H24. The van der Waals surface area contributed by atoms with Crippen LogP contribution in [0.15, 0.2) is 0 Å². The third-order valence-electron chi connectivity index (χ3n) is 4.52. The lowest BCUT2D eigenvalue weighted by Gasteiger charge is -2.54. The minimum Gasteiger partial charge on any atom is -0.0625 e. The second-order valence-corrected chi connectivity index (χ2v) is 5.67. The molecule has 0 N–H and O–H groups in total. The van der Waals surface area contributed by atoms with Gasteiger partial charge in [0.05, 0.1) is 0 Å². The van der Waals surface area contributed by atoms with Crippen LogP contribution in [-0.2, 0) is 0 Å². The zero-order valence-electron chi connectivity index (χ0n) is 9.52. The Bertz CT molecular complexity index is 155. The predicted octanol–water partition coefficient (Wildman–Crippen LogP) is 3.96. The van der Waals surface area contributed by atoms with E-state index in [0.717, 1.165) is 23.7 Å². The first-order chi connectivity index (χ1) is 5.37. The Morgan fingerprint density at radius 2 is 1.67 bits per heavy atom. The smallest absolute Gasteiger partial charge is 0.0297 e. The van der Waals surface area contributed by atoms with Crippen LogP contribution in [-0.4, -0.2) is 0 Å². The molecule has 0 nitrogen and oxygen atoms in total. The molecule has 0 saturated heterocycles. The van der Waals surface area contributed by atoms with Crippen LogP contribution in [0.4, 0.5) is 0 Å². The van der Waals surface area contributed by atoms with Crippen molar-refractivity contribution in [2.24, 2.45) is 29.1 Å². The van der Waals surface area contributed by atoms with Crippen LogP contribution in [0.25, 0.3) is 0 Å². The molecule has 3 atom stereocenters. The van der Waals surface area contributed by atoms with Crippen LogP contribution in [0.3, 0.4) is 0 Å². The summed E-state index contributed by atoms with van der Waals surface area (Å²) in [5, 5.41) is 0. The highest BCUT2D eigenvalue weighted by molar-refractivity contribution is 4.96. The molecule has 1 rings (SSSR count). The van der Waals surface area contributed by atoms with Gasteiger partial charge in [0.25, 0.3) is 0 Å². The Balaban J connectivity index is 2.57. The van der Waals surface area contributed by atoms with Gasteiger partial charge in [-0.15, -0.1) is 0 Å². The van der Waals surface area contributed by atoms with Gasteiger partial charge >= 0.3 is 0 Å². The van der Waals surface area contributed by atoms with Gasteiger partial charge in [0.1, 0.15) is 0 Å². The Labute approximate surface area is 77.7 Å². The maximum absolute atomic E-state index is 2.44. The molecule has 0 spiro atoms. The van der Waals surface area contributed by atoms with Crippen LogP contribution in [0, 0.1) is 29.1 Å². The van der Waals surface area contributed by atoms with Gasteiger partial charge in [-0.25, -0.2) is 0 Å². The first-order valence-corrected chi connectivity index (χ1v) is 5.37. The fraction of sp³-hybridized carbons (Fsp3) is 1.00. The number of hydrogen-bond donors (Lipinski definition) is 0. The summed E-state index contributed by atoms with van der Waals surface area (Å²) in [6.45, 7) is 14.4. The fourth-order valence-electron chi connectivity index (χ4n) is 2.55. The summed E-state index contributed by atoms with van der Waals surface area (Å²) in [5.74, 6) is 3.65. The van der Waals surface area contributed by atoms with Gasteiger partial charge in [-0.1, -0.05) is 41.5 Å². The van der Waals surface area contributed by atoms with Crippen molar-refractivity contribution in [2.75, 3.05) is 0 Å². The first kappa shape index (κ1) is 10.1. The van der Waals surface area contributed by atoms with Crippen LogP contribution >= 0.6 is 0 Å². The second-order valence-electron chi connectivity index (χ2n) is 5.67. The maximum atomic E-state index is 2.44. The van der Waals surface area contributed by atoms with E-state index in [1.54, 1.807) is 0 Å². The lowest BCUT2D eigenvalue weighted by Crippen LogP contribution is -2.47.